The second-order valence-corrected chi connectivity index (χ2v) is 16.6. The molecule has 1 aliphatic heterocycles. The molecule has 348 valence electrons. The first-order valence-corrected chi connectivity index (χ1v) is 22.6. The number of azide groups is 1. The largest absolute Gasteiger partial charge is 0.387 e. The second kappa shape index (κ2) is 24.8. The lowest BCUT2D eigenvalue weighted by Crippen LogP contribution is -2.68. The van der Waals surface area contributed by atoms with Crippen LogP contribution in [0.5, 0.6) is 0 Å². The van der Waals surface area contributed by atoms with Gasteiger partial charge in [0, 0.05) is 4.91 Å². The van der Waals surface area contributed by atoms with Crippen LogP contribution in [-0.2, 0) is 77.5 Å². The molecule has 0 bridgehead atoms. The van der Waals surface area contributed by atoms with Crippen molar-refractivity contribution in [1.29, 1.82) is 0 Å². The molecule has 0 aromatic heterocycles. The third-order valence-corrected chi connectivity index (χ3v) is 11.9. The highest BCUT2D eigenvalue weighted by Gasteiger charge is 2.56. The molecule has 0 amide bonds. The summed E-state index contributed by atoms with van der Waals surface area (Å²) in [6.07, 6.45) is -11.6. The quantitative estimate of drug-likeness (QED) is 0.0383. The number of aliphatic hydroxyl groups is 2. The van der Waals surface area contributed by atoms with Gasteiger partial charge in [0.05, 0.1) is 46.2 Å². The Morgan fingerprint density at radius 2 is 0.746 bits per heavy atom. The SMILES string of the molecule is [N-]=[N+]=N[C@H]1[C@@H](O[C@H]2[C@H](O)[C@H](O)[C@H](OCc3ccccc3)[C@@H](OCc3ccccc3)[C@@H]2OCc2ccccc2)O[C@H](COCc2ccccc2)[C@@H](OCc2ccccc2)[C@@H]1OCc1ccccc1. The van der Waals surface area contributed by atoms with E-state index in [1.807, 2.05) is 182 Å². The number of benzene rings is 6. The molecule has 0 radical (unpaired) electrons. The molecule has 6 aromatic carbocycles. The van der Waals surface area contributed by atoms with Gasteiger partial charge in [-0.3, -0.25) is 0 Å². The predicted molar refractivity (Wildman–Crippen MR) is 250 cm³/mol. The molecule has 67 heavy (non-hydrogen) atoms. The van der Waals surface area contributed by atoms with Crippen LogP contribution in [0.3, 0.4) is 0 Å². The summed E-state index contributed by atoms with van der Waals surface area (Å²) >= 11 is 0. The van der Waals surface area contributed by atoms with Crippen LogP contribution in [0.15, 0.2) is 187 Å². The van der Waals surface area contributed by atoms with E-state index in [-0.39, 0.29) is 46.2 Å². The number of aliphatic hydroxyl groups excluding tert-OH is 2. The van der Waals surface area contributed by atoms with E-state index in [2.05, 4.69) is 10.0 Å². The minimum atomic E-state index is -1.60. The molecule has 1 aliphatic carbocycles. The van der Waals surface area contributed by atoms with Gasteiger partial charge in [0.15, 0.2) is 6.29 Å². The lowest BCUT2D eigenvalue weighted by molar-refractivity contribution is -0.335. The van der Waals surface area contributed by atoms with Crippen molar-refractivity contribution in [3.63, 3.8) is 0 Å². The fraction of sp³-hybridized carbons (Fsp3) is 0.333. The van der Waals surface area contributed by atoms with Crippen molar-refractivity contribution in [3.8, 4) is 0 Å². The number of hydrogen-bond donors (Lipinski definition) is 2. The number of rotatable bonds is 22. The normalized spacial score (nSPS) is 26.1. The highest BCUT2D eigenvalue weighted by Crippen LogP contribution is 2.37. The van der Waals surface area contributed by atoms with Crippen LogP contribution >= 0.6 is 0 Å². The van der Waals surface area contributed by atoms with Crippen LogP contribution < -0.4 is 0 Å². The van der Waals surface area contributed by atoms with Gasteiger partial charge in [-0.1, -0.05) is 187 Å². The Hall–Kier alpha value is -5.77. The Balaban J connectivity index is 1.15. The van der Waals surface area contributed by atoms with Gasteiger partial charge in [0.1, 0.15) is 61.0 Å². The third-order valence-electron chi connectivity index (χ3n) is 11.9. The molecule has 2 aliphatic rings. The van der Waals surface area contributed by atoms with Gasteiger partial charge >= 0.3 is 0 Å². The maximum atomic E-state index is 12.3. The number of nitrogens with zero attached hydrogens (tertiary/aromatic N) is 3. The van der Waals surface area contributed by atoms with Crippen molar-refractivity contribution in [1.82, 2.24) is 0 Å². The minimum absolute atomic E-state index is 0.0321. The van der Waals surface area contributed by atoms with E-state index >= 15 is 0 Å². The van der Waals surface area contributed by atoms with Crippen LogP contribution in [0.1, 0.15) is 33.4 Å². The van der Waals surface area contributed by atoms with Crippen LogP contribution in [0.4, 0.5) is 0 Å². The molecule has 13 nitrogen and oxygen atoms in total. The van der Waals surface area contributed by atoms with E-state index in [9.17, 15) is 15.7 Å². The highest BCUT2D eigenvalue weighted by molar-refractivity contribution is 5.19. The van der Waals surface area contributed by atoms with Gasteiger partial charge < -0.3 is 48.1 Å². The van der Waals surface area contributed by atoms with Crippen LogP contribution in [0.2, 0.25) is 0 Å². The second-order valence-electron chi connectivity index (χ2n) is 16.6. The van der Waals surface area contributed by atoms with Gasteiger partial charge in [-0.05, 0) is 38.9 Å². The summed E-state index contributed by atoms with van der Waals surface area (Å²) in [6.45, 7) is 1.00. The zero-order valence-corrected chi connectivity index (χ0v) is 37.1. The summed E-state index contributed by atoms with van der Waals surface area (Å²) in [7, 11) is 0. The Bertz CT molecular complexity index is 2370. The summed E-state index contributed by atoms with van der Waals surface area (Å²) in [4.78, 5) is 3.27. The van der Waals surface area contributed by atoms with Gasteiger partial charge in [-0.2, -0.15) is 0 Å². The average molecular weight is 908 g/mol. The minimum Gasteiger partial charge on any atom is -0.387 e. The van der Waals surface area contributed by atoms with Gasteiger partial charge in [-0.25, -0.2) is 0 Å². The molecule has 1 saturated heterocycles. The smallest absolute Gasteiger partial charge is 0.169 e. The highest BCUT2D eigenvalue weighted by atomic mass is 16.7. The fourth-order valence-corrected chi connectivity index (χ4v) is 8.45. The van der Waals surface area contributed by atoms with Crippen LogP contribution in [-0.4, -0.2) is 84.1 Å². The lowest BCUT2D eigenvalue weighted by Gasteiger charge is -2.50. The molecule has 13 heteroatoms. The van der Waals surface area contributed by atoms with Gasteiger partial charge in [0.25, 0.3) is 0 Å². The summed E-state index contributed by atoms with van der Waals surface area (Å²) in [5, 5.41) is 28.7. The predicted octanol–water partition coefficient (Wildman–Crippen LogP) is 8.65. The molecule has 1 heterocycles. The monoisotopic (exact) mass is 907 g/mol. The molecule has 6 aromatic rings. The van der Waals surface area contributed by atoms with Crippen LogP contribution in [0.25, 0.3) is 10.4 Å². The molecule has 0 spiro atoms. The van der Waals surface area contributed by atoms with Crippen molar-refractivity contribution in [2.75, 3.05) is 6.61 Å². The number of ether oxygens (including phenoxy) is 8. The molecule has 1 saturated carbocycles. The Morgan fingerprint density at radius 3 is 1.15 bits per heavy atom. The van der Waals surface area contributed by atoms with Crippen molar-refractivity contribution in [2.24, 2.45) is 5.11 Å². The topological polar surface area (TPSA) is 163 Å². The van der Waals surface area contributed by atoms with E-state index in [0.29, 0.717) is 0 Å². The van der Waals surface area contributed by atoms with Crippen molar-refractivity contribution < 1.29 is 48.1 Å². The maximum absolute atomic E-state index is 12.3. The summed E-state index contributed by atoms with van der Waals surface area (Å²) < 4.78 is 53.5. The standard InChI is InChI=1S/C54H57N3O10/c55-57-56-45-49(62-33-40-23-11-3-12-24-40)48(61-32-39-21-9-2-10-22-39)44(37-60-31-38-19-7-1-8-20-38)66-54(45)67-51-47(59)46(58)50(63-34-41-25-13-4-14-26-41)52(64-35-42-27-15-5-16-28-42)53(51)65-36-43-29-17-6-18-30-43/h1-30,44-54,58-59H,31-37H2/t44-,45-,46+,47-,48-,49-,50+,51+,52-,53-,54-/m1/s1. The molecular weight excluding hydrogens is 851 g/mol. The van der Waals surface area contributed by atoms with E-state index in [1.165, 1.54) is 0 Å². The zero-order valence-electron chi connectivity index (χ0n) is 37.1. The van der Waals surface area contributed by atoms with Crippen molar-refractivity contribution in [3.05, 3.63) is 226 Å². The Kier molecular flexibility index (Phi) is 17.7. The zero-order chi connectivity index (χ0) is 46.0. The lowest BCUT2D eigenvalue weighted by atomic mass is 9.83. The van der Waals surface area contributed by atoms with Crippen molar-refractivity contribution >= 4 is 0 Å². The summed E-state index contributed by atoms with van der Waals surface area (Å²) in [5.41, 5.74) is 15.6. The first-order valence-electron chi connectivity index (χ1n) is 22.6. The van der Waals surface area contributed by atoms with E-state index < -0.39 is 67.3 Å². The average Bonchev–Trinajstić information content (AvgIpc) is 3.38. The van der Waals surface area contributed by atoms with E-state index in [0.717, 1.165) is 33.4 Å². The third kappa shape index (κ3) is 13.2. The fourth-order valence-electron chi connectivity index (χ4n) is 8.45. The number of hydrogen-bond acceptors (Lipinski definition) is 11. The van der Waals surface area contributed by atoms with Gasteiger partial charge in [0.2, 0.25) is 0 Å². The maximum Gasteiger partial charge on any atom is 0.169 e. The molecule has 11 atom stereocenters. The molecule has 0 unspecified atom stereocenters. The van der Waals surface area contributed by atoms with Gasteiger partial charge in [-0.15, -0.1) is 0 Å². The first kappa shape index (κ1) is 47.7. The molecule has 8 rings (SSSR count). The molecule has 2 N–H and O–H groups in total. The summed E-state index contributed by atoms with van der Waals surface area (Å²) in [6, 6.07) is 56.7. The van der Waals surface area contributed by atoms with Crippen molar-refractivity contribution in [2.45, 2.75) is 107 Å². The first-order chi connectivity index (χ1) is 33.0. The van der Waals surface area contributed by atoms with E-state index in [4.69, 9.17) is 37.9 Å². The van der Waals surface area contributed by atoms with E-state index in [1.54, 1.807) is 0 Å². The Labute approximate surface area is 391 Å². The summed E-state index contributed by atoms with van der Waals surface area (Å²) in [5.74, 6) is 0. The molecule has 2 fully saturated rings. The van der Waals surface area contributed by atoms with Crippen LogP contribution in [0, 0.1) is 0 Å². The molecular formula is C54H57N3O10. The Morgan fingerprint density at radius 1 is 0.418 bits per heavy atom.